The van der Waals surface area contributed by atoms with E-state index in [0.717, 1.165) is 11.3 Å². The first-order valence-corrected chi connectivity index (χ1v) is 7.97. The number of ether oxygens (including phenoxy) is 2. The van der Waals surface area contributed by atoms with Crippen LogP contribution in [0.5, 0.6) is 5.75 Å². The number of esters is 1. The molecule has 0 amide bonds. The van der Waals surface area contributed by atoms with Gasteiger partial charge in [0.25, 0.3) is 0 Å². The first-order chi connectivity index (χ1) is 12.1. The third-order valence-electron chi connectivity index (χ3n) is 3.58. The van der Waals surface area contributed by atoms with Gasteiger partial charge in [-0.15, -0.1) is 0 Å². The number of aliphatic hydroxyl groups excluding tert-OH is 1. The second-order valence-electron chi connectivity index (χ2n) is 5.48. The van der Waals surface area contributed by atoms with Crippen LogP contribution in [-0.2, 0) is 16.0 Å². The number of carbonyl (C=O) groups is 1. The number of methoxy groups -OCH3 is 1. The normalized spacial score (nSPS) is 11.8. The largest absolute Gasteiger partial charge is 0.492 e. The lowest BCUT2D eigenvalue weighted by Gasteiger charge is -2.12. The van der Waals surface area contributed by atoms with Gasteiger partial charge in [0.05, 0.1) is 19.6 Å². The van der Waals surface area contributed by atoms with Crippen LogP contribution in [0.1, 0.15) is 17.2 Å². The van der Waals surface area contributed by atoms with Crippen molar-refractivity contribution in [2.45, 2.75) is 12.5 Å². The van der Waals surface area contributed by atoms with Crippen molar-refractivity contribution in [3.8, 4) is 5.75 Å². The van der Waals surface area contributed by atoms with Gasteiger partial charge < -0.3 is 25.6 Å². The standard InChI is InChI=1S/C18H23N3O4/c1-24-18(23)10-13-2-5-15(6-3-13)25-9-8-20-12-16(22)14-4-7-17(19)21-11-14/h2-7,11,16,20,22H,8-10,12H2,1H3,(H2,19,21). The maximum absolute atomic E-state index is 11.2. The fourth-order valence-corrected chi connectivity index (χ4v) is 2.15. The minimum absolute atomic E-state index is 0.246. The number of aromatic nitrogens is 1. The zero-order chi connectivity index (χ0) is 18.1. The lowest BCUT2D eigenvalue weighted by molar-refractivity contribution is -0.139. The van der Waals surface area contributed by atoms with E-state index in [1.165, 1.54) is 7.11 Å². The van der Waals surface area contributed by atoms with E-state index < -0.39 is 6.10 Å². The highest BCUT2D eigenvalue weighted by Crippen LogP contribution is 2.13. The molecule has 0 aliphatic carbocycles. The summed E-state index contributed by atoms with van der Waals surface area (Å²) in [6.07, 6.45) is 1.16. The highest BCUT2D eigenvalue weighted by Gasteiger charge is 2.07. The fourth-order valence-electron chi connectivity index (χ4n) is 2.15. The van der Waals surface area contributed by atoms with Gasteiger partial charge in [-0.2, -0.15) is 0 Å². The van der Waals surface area contributed by atoms with Crippen LogP contribution >= 0.6 is 0 Å². The predicted octanol–water partition coefficient (Wildman–Crippen LogP) is 1.08. The summed E-state index contributed by atoms with van der Waals surface area (Å²) in [5.74, 6) is 0.876. The molecule has 1 unspecified atom stereocenters. The van der Waals surface area contributed by atoms with Crippen molar-refractivity contribution in [3.05, 3.63) is 53.7 Å². The Morgan fingerprint density at radius 2 is 2.04 bits per heavy atom. The Balaban J connectivity index is 1.65. The Morgan fingerprint density at radius 3 is 2.68 bits per heavy atom. The Labute approximate surface area is 146 Å². The first-order valence-electron chi connectivity index (χ1n) is 7.97. The Bertz CT molecular complexity index is 659. The average Bonchev–Trinajstić information content (AvgIpc) is 2.63. The van der Waals surface area contributed by atoms with Crippen molar-refractivity contribution in [2.75, 3.05) is 32.5 Å². The van der Waals surface area contributed by atoms with Crippen molar-refractivity contribution in [1.82, 2.24) is 10.3 Å². The predicted molar refractivity (Wildman–Crippen MR) is 94.1 cm³/mol. The van der Waals surface area contributed by atoms with Crippen LogP contribution in [0, 0.1) is 0 Å². The zero-order valence-corrected chi connectivity index (χ0v) is 14.1. The number of carbonyl (C=O) groups excluding carboxylic acids is 1. The number of nitrogens with two attached hydrogens (primary N) is 1. The van der Waals surface area contributed by atoms with Gasteiger partial charge in [-0.1, -0.05) is 18.2 Å². The van der Waals surface area contributed by atoms with E-state index in [-0.39, 0.29) is 12.4 Å². The minimum atomic E-state index is -0.647. The maximum Gasteiger partial charge on any atom is 0.309 e. The van der Waals surface area contributed by atoms with Gasteiger partial charge in [0.2, 0.25) is 0 Å². The second kappa shape index (κ2) is 9.61. The van der Waals surface area contributed by atoms with Crippen molar-refractivity contribution in [3.63, 3.8) is 0 Å². The number of hydrogen-bond donors (Lipinski definition) is 3. The van der Waals surface area contributed by atoms with Crippen LogP contribution in [-0.4, -0.2) is 42.9 Å². The minimum Gasteiger partial charge on any atom is -0.492 e. The summed E-state index contributed by atoms with van der Waals surface area (Å²) in [5, 5.41) is 13.1. The molecule has 4 N–H and O–H groups in total. The summed E-state index contributed by atoms with van der Waals surface area (Å²) in [5.41, 5.74) is 7.10. The van der Waals surface area contributed by atoms with Gasteiger partial charge in [0.15, 0.2) is 0 Å². The van der Waals surface area contributed by atoms with E-state index >= 15 is 0 Å². The molecule has 0 saturated heterocycles. The Hall–Kier alpha value is -2.64. The number of nitrogens with zero attached hydrogens (tertiary/aromatic N) is 1. The highest BCUT2D eigenvalue weighted by molar-refractivity contribution is 5.72. The van der Waals surface area contributed by atoms with E-state index in [1.54, 1.807) is 18.3 Å². The first kappa shape index (κ1) is 18.7. The lowest BCUT2D eigenvalue weighted by atomic mass is 10.1. The van der Waals surface area contributed by atoms with Crippen LogP contribution in [0.4, 0.5) is 5.82 Å². The molecular weight excluding hydrogens is 322 g/mol. The van der Waals surface area contributed by atoms with Gasteiger partial charge in [-0.05, 0) is 23.8 Å². The third-order valence-corrected chi connectivity index (χ3v) is 3.58. The Kier molecular flexibility index (Phi) is 7.18. The lowest BCUT2D eigenvalue weighted by Crippen LogP contribution is -2.26. The monoisotopic (exact) mass is 345 g/mol. The molecular formula is C18H23N3O4. The molecule has 25 heavy (non-hydrogen) atoms. The molecule has 0 aliphatic rings. The SMILES string of the molecule is COC(=O)Cc1ccc(OCCNCC(O)c2ccc(N)nc2)cc1. The average molecular weight is 345 g/mol. The van der Waals surface area contributed by atoms with Gasteiger partial charge in [0.1, 0.15) is 18.2 Å². The molecule has 0 saturated carbocycles. The number of aliphatic hydroxyl groups is 1. The topological polar surface area (TPSA) is 107 Å². The molecule has 7 heteroatoms. The number of benzene rings is 1. The molecule has 1 aromatic carbocycles. The molecule has 1 aromatic heterocycles. The van der Waals surface area contributed by atoms with Crippen molar-refractivity contribution >= 4 is 11.8 Å². The van der Waals surface area contributed by atoms with Gasteiger partial charge >= 0.3 is 5.97 Å². The summed E-state index contributed by atoms with van der Waals surface area (Å²) in [7, 11) is 1.37. The third kappa shape index (κ3) is 6.40. The summed E-state index contributed by atoms with van der Waals surface area (Å²) in [6.45, 7) is 1.44. The van der Waals surface area contributed by atoms with E-state index in [0.29, 0.717) is 31.1 Å². The van der Waals surface area contributed by atoms with Crippen LogP contribution in [0.15, 0.2) is 42.6 Å². The van der Waals surface area contributed by atoms with E-state index in [9.17, 15) is 9.90 Å². The Morgan fingerprint density at radius 1 is 1.28 bits per heavy atom. The van der Waals surface area contributed by atoms with Crippen molar-refractivity contribution in [1.29, 1.82) is 0 Å². The van der Waals surface area contributed by atoms with Crippen LogP contribution in [0.3, 0.4) is 0 Å². The number of hydrogen-bond acceptors (Lipinski definition) is 7. The molecule has 1 heterocycles. The van der Waals surface area contributed by atoms with E-state index in [4.69, 9.17) is 10.5 Å². The quantitative estimate of drug-likeness (QED) is 0.461. The van der Waals surface area contributed by atoms with E-state index in [2.05, 4.69) is 15.0 Å². The zero-order valence-electron chi connectivity index (χ0n) is 14.1. The summed E-state index contributed by atoms with van der Waals surface area (Å²) in [6, 6.07) is 10.7. The van der Waals surface area contributed by atoms with Gasteiger partial charge in [-0.3, -0.25) is 4.79 Å². The molecule has 0 radical (unpaired) electrons. The van der Waals surface area contributed by atoms with Gasteiger partial charge in [0, 0.05) is 24.8 Å². The van der Waals surface area contributed by atoms with Crippen molar-refractivity contribution < 1.29 is 19.4 Å². The highest BCUT2D eigenvalue weighted by atomic mass is 16.5. The molecule has 1 atom stereocenters. The molecule has 0 bridgehead atoms. The van der Waals surface area contributed by atoms with E-state index in [1.807, 2.05) is 24.3 Å². The number of rotatable bonds is 9. The number of nitrogens with one attached hydrogen (secondary N) is 1. The number of nitrogen functional groups attached to an aromatic ring is 1. The summed E-state index contributed by atoms with van der Waals surface area (Å²) < 4.78 is 10.2. The smallest absolute Gasteiger partial charge is 0.309 e. The van der Waals surface area contributed by atoms with Crippen LogP contribution < -0.4 is 15.8 Å². The molecule has 7 nitrogen and oxygen atoms in total. The summed E-state index contributed by atoms with van der Waals surface area (Å²) >= 11 is 0. The number of anilines is 1. The second-order valence-corrected chi connectivity index (χ2v) is 5.48. The molecule has 134 valence electrons. The van der Waals surface area contributed by atoms with Gasteiger partial charge in [-0.25, -0.2) is 4.98 Å². The number of pyridine rings is 1. The molecule has 0 aliphatic heterocycles. The molecule has 0 fully saturated rings. The fraction of sp³-hybridized carbons (Fsp3) is 0.333. The van der Waals surface area contributed by atoms with Crippen molar-refractivity contribution in [2.24, 2.45) is 0 Å². The summed E-state index contributed by atoms with van der Waals surface area (Å²) in [4.78, 5) is 15.1. The maximum atomic E-state index is 11.2. The molecule has 2 aromatic rings. The molecule has 0 spiro atoms. The molecule has 2 rings (SSSR count). The van der Waals surface area contributed by atoms with Crippen LogP contribution in [0.2, 0.25) is 0 Å². The van der Waals surface area contributed by atoms with Crippen LogP contribution in [0.25, 0.3) is 0 Å².